The summed E-state index contributed by atoms with van der Waals surface area (Å²) in [5.74, 6) is -1.10. The fraction of sp³-hybridized carbons (Fsp3) is 0.926. The number of carbonyl (C=O) groups excluding carboxylic acids is 1. The van der Waals surface area contributed by atoms with Crippen molar-refractivity contribution in [2.24, 2.45) is 0 Å². The summed E-state index contributed by atoms with van der Waals surface area (Å²) in [6.07, 6.45) is 30.5. The minimum Gasteiger partial charge on any atom is -0.476 e. The summed E-state index contributed by atoms with van der Waals surface area (Å²) in [5, 5.41) is 8.51. The molecule has 0 amide bonds. The van der Waals surface area contributed by atoms with Gasteiger partial charge >= 0.3 is 5.97 Å². The molecule has 0 heterocycles. The van der Waals surface area contributed by atoms with Crippen molar-refractivity contribution in [3.8, 4) is 0 Å². The first-order valence-electron chi connectivity index (χ1n) is 13.5. The number of unbranched alkanes of at least 4 members (excludes halogenated alkanes) is 22. The maximum atomic E-state index is 11.0. The van der Waals surface area contributed by atoms with Crippen LogP contribution in [-0.2, 0) is 9.59 Å². The van der Waals surface area contributed by atoms with Gasteiger partial charge < -0.3 is 5.11 Å². The van der Waals surface area contributed by atoms with E-state index in [1.54, 1.807) is 0 Å². The summed E-state index contributed by atoms with van der Waals surface area (Å²) >= 11 is 5.69. The van der Waals surface area contributed by atoms with E-state index in [9.17, 15) is 9.59 Å². The molecule has 0 aliphatic rings. The van der Waals surface area contributed by atoms with E-state index in [-0.39, 0.29) is 6.42 Å². The van der Waals surface area contributed by atoms with E-state index in [1.165, 1.54) is 128 Å². The Morgan fingerprint density at radius 2 is 0.645 bits per heavy atom. The van der Waals surface area contributed by atoms with Crippen LogP contribution in [0.15, 0.2) is 0 Å². The molecule has 1 N–H and O–H groups in total. The van der Waals surface area contributed by atoms with Crippen molar-refractivity contribution < 1.29 is 14.7 Å². The van der Waals surface area contributed by atoms with E-state index in [2.05, 4.69) is 0 Å². The molecule has 0 fully saturated rings. The maximum Gasteiger partial charge on any atom is 0.372 e. The van der Waals surface area contributed by atoms with Gasteiger partial charge in [0.05, 0.1) is 0 Å². The number of hydrogen-bond acceptors (Lipinski definition) is 2. The van der Waals surface area contributed by atoms with Crippen molar-refractivity contribution in [1.29, 1.82) is 0 Å². The SMILES string of the molecule is O=C(O)C(=O)CCCCCCCCCCCCCCCCCCCCCCCCCCl. The highest BCUT2D eigenvalue weighted by molar-refractivity contribution is 6.32. The van der Waals surface area contributed by atoms with Crippen LogP contribution in [0, 0.1) is 0 Å². The Kier molecular flexibility index (Phi) is 25.2. The largest absolute Gasteiger partial charge is 0.476 e. The number of carbonyl (C=O) groups is 2. The minimum absolute atomic E-state index is 0.200. The highest BCUT2D eigenvalue weighted by Gasteiger charge is 2.09. The molecule has 0 aromatic carbocycles. The summed E-state index contributed by atoms with van der Waals surface area (Å²) in [6.45, 7) is 0. The molecule has 0 aromatic heterocycles. The summed E-state index contributed by atoms with van der Waals surface area (Å²) in [4.78, 5) is 21.4. The molecule has 31 heavy (non-hydrogen) atoms. The van der Waals surface area contributed by atoms with E-state index in [0.29, 0.717) is 0 Å². The fourth-order valence-electron chi connectivity index (χ4n) is 4.20. The molecule has 0 unspecified atom stereocenters. The Bertz CT molecular complexity index is 398. The number of Topliss-reactive ketones (excluding diaryl/α,β-unsaturated/α-hetero) is 1. The average molecular weight is 459 g/mol. The number of carboxylic acid groups (broad SMARTS) is 1. The zero-order valence-electron chi connectivity index (χ0n) is 20.3. The number of ketones is 1. The second-order valence-corrected chi connectivity index (χ2v) is 9.68. The third kappa shape index (κ3) is 25.6. The van der Waals surface area contributed by atoms with E-state index < -0.39 is 11.8 Å². The molecule has 0 spiro atoms. The minimum atomic E-state index is -1.29. The predicted molar refractivity (Wildman–Crippen MR) is 134 cm³/mol. The molecule has 0 saturated heterocycles. The molecule has 3 nitrogen and oxygen atoms in total. The first-order chi connectivity index (χ1) is 15.2. The zero-order chi connectivity index (χ0) is 22.8. The number of aliphatic carboxylic acids is 1. The topological polar surface area (TPSA) is 54.4 Å². The summed E-state index contributed by atoms with van der Waals surface area (Å²) in [5.41, 5.74) is 0. The third-order valence-electron chi connectivity index (χ3n) is 6.28. The van der Waals surface area contributed by atoms with Gasteiger partial charge in [-0.05, 0) is 12.8 Å². The fourth-order valence-corrected chi connectivity index (χ4v) is 4.39. The Labute approximate surface area is 198 Å². The normalized spacial score (nSPS) is 11.1. The molecule has 0 rings (SSSR count). The van der Waals surface area contributed by atoms with Crippen LogP contribution in [0.5, 0.6) is 0 Å². The van der Waals surface area contributed by atoms with Crippen molar-refractivity contribution in [3.63, 3.8) is 0 Å². The molecular formula is C27H51ClO3. The molecule has 0 aromatic rings. The van der Waals surface area contributed by atoms with E-state index in [0.717, 1.165) is 25.1 Å². The molecule has 0 atom stereocenters. The van der Waals surface area contributed by atoms with E-state index >= 15 is 0 Å². The Balaban J connectivity index is 3.05. The molecule has 0 saturated carbocycles. The van der Waals surface area contributed by atoms with Crippen molar-refractivity contribution in [2.75, 3.05) is 5.88 Å². The number of rotatable bonds is 26. The third-order valence-corrected chi connectivity index (χ3v) is 6.54. The molecule has 184 valence electrons. The van der Waals surface area contributed by atoms with Crippen LogP contribution < -0.4 is 0 Å². The lowest BCUT2D eigenvalue weighted by Crippen LogP contribution is -2.11. The van der Waals surface area contributed by atoms with Crippen LogP contribution in [0.25, 0.3) is 0 Å². The Hall–Kier alpha value is -0.570. The summed E-state index contributed by atoms with van der Waals surface area (Å²) in [7, 11) is 0. The van der Waals surface area contributed by atoms with Crippen molar-refractivity contribution >= 4 is 23.4 Å². The summed E-state index contributed by atoms with van der Waals surface area (Å²) < 4.78 is 0. The molecule has 4 heteroatoms. The first kappa shape index (κ1) is 30.4. The Morgan fingerprint density at radius 1 is 0.419 bits per heavy atom. The second kappa shape index (κ2) is 25.7. The van der Waals surface area contributed by atoms with Crippen LogP contribution in [0.3, 0.4) is 0 Å². The monoisotopic (exact) mass is 458 g/mol. The van der Waals surface area contributed by atoms with Gasteiger partial charge in [0.25, 0.3) is 0 Å². The average Bonchev–Trinajstić information content (AvgIpc) is 2.76. The van der Waals surface area contributed by atoms with Crippen molar-refractivity contribution in [3.05, 3.63) is 0 Å². The first-order valence-corrected chi connectivity index (χ1v) is 14.0. The van der Waals surface area contributed by atoms with Crippen LogP contribution in [-0.4, -0.2) is 22.7 Å². The predicted octanol–water partition coefficient (Wildman–Crippen LogP) is 9.24. The van der Waals surface area contributed by atoms with Gasteiger partial charge in [0.1, 0.15) is 0 Å². The van der Waals surface area contributed by atoms with Gasteiger partial charge in [-0.2, -0.15) is 0 Å². The van der Waals surface area contributed by atoms with E-state index in [4.69, 9.17) is 16.7 Å². The van der Waals surface area contributed by atoms with Crippen LogP contribution in [0.2, 0.25) is 0 Å². The van der Waals surface area contributed by atoms with Gasteiger partial charge in [0.2, 0.25) is 5.78 Å². The van der Waals surface area contributed by atoms with Crippen molar-refractivity contribution in [2.45, 2.75) is 154 Å². The van der Waals surface area contributed by atoms with Crippen LogP contribution in [0.1, 0.15) is 154 Å². The smallest absolute Gasteiger partial charge is 0.372 e. The number of alkyl halides is 1. The van der Waals surface area contributed by atoms with Crippen LogP contribution >= 0.6 is 11.6 Å². The highest BCUT2D eigenvalue weighted by atomic mass is 35.5. The number of hydrogen-bond donors (Lipinski definition) is 1. The maximum absolute atomic E-state index is 11.0. The van der Waals surface area contributed by atoms with Gasteiger partial charge in [0.15, 0.2) is 0 Å². The Morgan fingerprint density at radius 3 is 0.871 bits per heavy atom. The molecule has 0 aliphatic carbocycles. The van der Waals surface area contributed by atoms with Gasteiger partial charge in [-0.3, -0.25) is 4.79 Å². The number of carboxylic acids is 1. The molecule has 0 aliphatic heterocycles. The lowest BCUT2D eigenvalue weighted by atomic mass is 10.0. The van der Waals surface area contributed by atoms with Gasteiger partial charge in [0, 0.05) is 12.3 Å². The lowest BCUT2D eigenvalue weighted by molar-refractivity contribution is -0.149. The zero-order valence-corrected chi connectivity index (χ0v) is 21.1. The standard InChI is InChI=1S/C27H51ClO3/c28-25-23-21-19-17-15-13-11-9-7-5-3-1-2-4-6-8-10-12-14-16-18-20-22-24-26(29)27(30)31/h1-25H2,(H,30,31). The van der Waals surface area contributed by atoms with Gasteiger partial charge in [-0.15, -0.1) is 11.6 Å². The molecule has 0 bridgehead atoms. The van der Waals surface area contributed by atoms with Crippen LogP contribution in [0.4, 0.5) is 0 Å². The van der Waals surface area contributed by atoms with Gasteiger partial charge in [-0.25, -0.2) is 4.79 Å². The van der Waals surface area contributed by atoms with E-state index in [1.807, 2.05) is 0 Å². The highest BCUT2D eigenvalue weighted by Crippen LogP contribution is 2.15. The summed E-state index contributed by atoms with van der Waals surface area (Å²) in [6, 6.07) is 0. The number of halogens is 1. The van der Waals surface area contributed by atoms with Crippen molar-refractivity contribution in [1.82, 2.24) is 0 Å². The lowest BCUT2D eigenvalue weighted by Gasteiger charge is -2.04. The quantitative estimate of drug-likeness (QED) is 0.0797. The van der Waals surface area contributed by atoms with Gasteiger partial charge in [-0.1, -0.05) is 135 Å². The molecular weight excluding hydrogens is 408 g/mol. The molecule has 0 radical (unpaired) electrons. The second-order valence-electron chi connectivity index (χ2n) is 9.30.